The van der Waals surface area contributed by atoms with Gasteiger partial charge in [0.15, 0.2) is 5.82 Å². The average Bonchev–Trinajstić information content (AvgIpc) is 2.80. The largest absolute Gasteiger partial charge is 0.467 e. The monoisotopic (exact) mass is 485 g/mol. The maximum atomic E-state index is 13.0. The Morgan fingerprint density at radius 2 is 1.76 bits per heavy atom. The van der Waals surface area contributed by atoms with E-state index in [1.807, 2.05) is 36.1 Å². The van der Waals surface area contributed by atoms with Crippen LogP contribution in [0, 0.1) is 0 Å². The lowest BCUT2D eigenvalue weighted by Gasteiger charge is -2.32. The van der Waals surface area contributed by atoms with Gasteiger partial charge in [-0.3, -0.25) is 4.79 Å². The molecule has 1 aliphatic rings. The second kappa shape index (κ2) is 9.95. The van der Waals surface area contributed by atoms with Crippen LogP contribution in [-0.2, 0) is 0 Å². The van der Waals surface area contributed by atoms with Crippen LogP contribution in [0.2, 0.25) is 10.0 Å². The number of ether oxygens (including phenoxy) is 1. The molecule has 3 aromatic rings. The number of piperazine rings is 1. The number of nitrogen functional groups attached to an aromatic ring is 1. The number of anilines is 1. The number of rotatable bonds is 5. The molecule has 1 aromatic heterocycles. The maximum Gasteiger partial charge on any atom is 0.258 e. The molecule has 1 amide bonds. The first-order valence-electron chi connectivity index (χ1n) is 10.6. The Morgan fingerprint density at radius 3 is 2.45 bits per heavy atom. The predicted octanol–water partition coefficient (Wildman–Crippen LogP) is 4.56. The third kappa shape index (κ3) is 5.21. The smallest absolute Gasteiger partial charge is 0.258 e. The quantitative estimate of drug-likeness (QED) is 0.569. The summed E-state index contributed by atoms with van der Waals surface area (Å²) in [6, 6.07) is 12.6. The number of aromatic nitrogens is 2. The summed E-state index contributed by atoms with van der Waals surface area (Å²) in [5.41, 5.74) is 8.57. The normalized spacial score (nSPS) is 15.3. The minimum absolute atomic E-state index is 0.00631. The number of nitrogens with zero attached hydrogens (tertiary/aromatic N) is 4. The lowest BCUT2D eigenvalue weighted by atomic mass is 10.1. The van der Waals surface area contributed by atoms with Crippen LogP contribution < -0.4 is 10.5 Å². The van der Waals surface area contributed by atoms with Crippen LogP contribution >= 0.6 is 23.2 Å². The zero-order chi connectivity index (χ0) is 23.5. The number of nitrogens with two attached hydrogens (primary N) is 1. The van der Waals surface area contributed by atoms with Gasteiger partial charge in [0.05, 0.1) is 11.9 Å². The molecule has 4 rings (SSSR count). The molecule has 1 fully saturated rings. The Bertz CT molecular complexity index is 1150. The summed E-state index contributed by atoms with van der Waals surface area (Å²) in [6.45, 7) is 4.96. The number of benzene rings is 2. The Balaban J connectivity index is 1.58. The van der Waals surface area contributed by atoms with Crippen molar-refractivity contribution < 1.29 is 9.53 Å². The first kappa shape index (κ1) is 23.3. The van der Waals surface area contributed by atoms with Crippen molar-refractivity contribution in [3.05, 3.63) is 69.8 Å². The van der Waals surface area contributed by atoms with Crippen molar-refractivity contribution in [2.75, 3.05) is 39.0 Å². The molecule has 0 radical (unpaired) electrons. The fourth-order valence-corrected chi connectivity index (χ4v) is 4.44. The summed E-state index contributed by atoms with van der Waals surface area (Å²) < 4.78 is 5.99. The fourth-order valence-electron chi connectivity index (χ4n) is 3.74. The van der Waals surface area contributed by atoms with E-state index in [1.54, 1.807) is 24.4 Å². The molecule has 2 heterocycles. The third-order valence-electron chi connectivity index (χ3n) is 5.66. The van der Waals surface area contributed by atoms with Crippen LogP contribution in [-0.4, -0.2) is 58.9 Å². The van der Waals surface area contributed by atoms with Crippen molar-refractivity contribution in [3.63, 3.8) is 0 Å². The number of carbonyl (C=O) groups is 1. The van der Waals surface area contributed by atoms with Crippen LogP contribution in [0.5, 0.6) is 5.88 Å². The zero-order valence-electron chi connectivity index (χ0n) is 18.5. The van der Waals surface area contributed by atoms with Gasteiger partial charge in [-0.05, 0) is 38.2 Å². The number of amides is 1. The predicted molar refractivity (Wildman–Crippen MR) is 131 cm³/mol. The Hall–Kier alpha value is -2.87. The molecule has 0 spiro atoms. The van der Waals surface area contributed by atoms with Gasteiger partial charge in [-0.25, -0.2) is 9.97 Å². The second-order valence-electron chi connectivity index (χ2n) is 8.02. The standard InChI is InChI=1S/C24H25Cl2N5O2/c1-15(21-18(25)7-4-8-19(21)26)33-23-22(27)28-14-20(29-23)16-5-3-6-17(13-16)24(32)31-11-9-30(2)10-12-31/h3-8,13-15H,9-12H2,1-2H3,(H2,27,28). The lowest BCUT2D eigenvalue weighted by molar-refractivity contribution is 0.0664. The molecule has 33 heavy (non-hydrogen) atoms. The van der Waals surface area contributed by atoms with Crippen molar-refractivity contribution in [1.29, 1.82) is 0 Å². The number of carbonyl (C=O) groups excluding carboxylic acids is 1. The Kier molecular flexibility index (Phi) is 7.02. The summed E-state index contributed by atoms with van der Waals surface area (Å²) in [6.07, 6.45) is 1.07. The van der Waals surface area contributed by atoms with Crippen molar-refractivity contribution in [1.82, 2.24) is 19.8 Å². The molecule has 0 aliphatic carbocycles. The zero-order valence-corrected chi connectivity index (χ0v) is 20.0. The van der Waals surface area contributed by atoms with E-state index in [4.69, 9.17) is 33.7 Å². The van der Waals surface area contributed by atoms with Crippen molar-refractivity contribution in [2.24, 2.45) is 0 Å². The molecule has 172 valence electrons. The molecular formula is C24H25Cl2N5O2. The van der Waals surface area contributed by atoms with E-state index in [9.17, 15) is 4.79 Å². The maximum absolute atomic E-state index is 13.0. The van der Waals surface area contributed by atoms with Gasteiger partial charge < -0.3 is 20.3 Å². The van der Waals surface area contributed by atoms with Crippen molar-refractivity contribution in [2.45, 2.75) is 13.0 Å². The molecule has 0 saturated carbocycles. The van der Waals surface area contributed by atoms with E-state index in [0.717, 1.165) is 18.7 Å². The number of halogens is 2. The third-order valence-corrected chi connectivity index (χ3v) is 6.32. The van der Waals surface area contributed by atoms with E-state index in [-0.39, 0.29) is 17.6 Å². The molecule has 1 atom stereocenters. The molecule has 0 bridgehead atoms. The highest BCUT2D eigenvalue weighted by Gasteiger charge is 2.21. The first-order chi connectivity index (χ1) is 15.8. The highest BCUT2D eigenvalue weighted by atomic mass is 35.5. The number of hydrogen-bond acceptors (Lipinski definition) is 6. The van der Waals surface area contributed by atoms with Crippen LogP contribution in [0.4, 0.5) is 5.82 Å². The highest BCUT2D eigenvalue weighted by molar-refractivity contribution is 6.36. The van der Waals surface area contributed by atoms with Gasteiger partial charge in [-0.1, -0.05) is 41.4 Å². The van der Waals surface area contributed by atoms with E-state index in [1.165, 1.54) is 0 Å². The van der Waals surface area contributed by atoms with E-state index >= 15 is 0 Å². The molecule has 1 saturated heterocycles. The number of likely N-dealkylation sites (N-methyl/N-ethyl adjacent to an activating group) is 1. The van der Waals surface area contributed by atoms with Gasteiger partial charge in [0, 0.05) is 52.9 Å². The fraction of sp³-hybridized carbons (Fsp3) is 0.292. The summed E-state index contributed by atoms with van der Waals surface area (Å²) in [5.74, 6) is 0.331. The van der Waals surface area contributed by atoms with Gasteiger partial charge in [0.25, 0.3) is 11.8 Å². The van der Waals surface area contributed by atoms with Gasteiger partial charge in [-0.2, -0.15) is 0 Å². The molecular weight excluding hydrogens is 461 g/mol. The van der Waals surface area contributed by atoms with E-state index < -0.39 is 6.10 Å². The van der Waals surface area contributed by atoms with E-state index in [2.05, 4.69) is 21.9 Å². The minimum atomic E-state index is -0.497. The molecule has 9 heteroatoms. The lowest BCUT2D eigenvalue weighted by Crippen LogP contribution is -2.47. The Labute approximate surface area is 203 Å². The second-order valence-corrected chi connectivity index (χ2v) is 8.83. The van der Waals surface area contributed by atoms with Gasteiger partial charge >= 0.3 is 0 Å². The topological polar surface area (TPSA) is 84.6 Å². The first-order valence-corrected chi connectivity index (χ1v) is 11.4. The van der Waals surface area contributed by atoms with Crippen LogP contribution in [0.3, 0.4) is 0 Å². The molecule has 2 N–H and O–H groups in total. The average molecular weight is 486 g/mol. The SMILES string of the molecule is CC(Oc1nc(-c2cccc(C(=O)N3CCN(C)CC3)c2)cnc1N)c1c(Cl)cccc1Cl. The summed E-state index contributed by atoms with van der Waals surface area (Å²) in [4.78, 5) is 25.9. The van der Waals surface area contributed by atoms with Crippen molar-refractivity contribution in [3.8, 4) is 17.1 Å². The van der Waals surface area contributed by atoms with Gasteiger partial charge in [0.1, 0.15) is 6.10 Å². The van der Waals surface area contributed by atoms with Gasteiger partial charge in [0.2, 0.25) is 0 Å². The summed E-state index contributed by atoms with van der Waals surface area (Å²) >= 11 is 12.6. The van der Waals surface area contributed by atoms with Crippen LogP contribution in [0.1, 0.15) is 28.9 Å². The van der Waals surface area contributed by atoms with Crippen molar-refractivity contribution >= 4 is 34.9 Å². The highest BCUT2D eigenvalue weighted by Crippen LogP contribution is 2.34. The molecule has 1 aliphatic heterocycles. The summed E-state index contributed by atoms with van der Waals surface area (Å²) in [5, 5.41) is 0.987. The van der Waals surface area contributed by atoms with Crippen LogP contribution in [0.15, 0.2) is 48.7 Å². The Morgan fingerprint density at radius 1 is 1.09 bits per heavy atom. The molecule has 7 nitrogen and oxygen atoms in total. The summed E-state index contributed by atoms with van der Waals surface area (Å²) in [7, 11) is 2.06. The number of hydrogen-bond donors (Lipinski definition) is 1. The van der Waals surface area contributed by atoms with Gasteiger partial charge in [-0.15, -0.1) is 0 Å². The van der Waals surface area contributed by atoms with E-state index in [0.29, 0.717) is 40.0 Å². The minimum Gasteiger partial charge on any atom is -0.467 e. The molecule has 2 aromatic carbocycles. The van der Waals surface area contributed by atoms with Crippen LogP contribution in [0.25, 0.3) is 11.3 Å². The molecule has 1 unspecified atom stereocenters.